The van der Waals surface area contributed by atoms with E-state index in [1.165, 1.54) is 11.3 Å². The number of hydrogen-bond donors (Lipinski definition) is 0. The molecule has 0 atom stereocenters. The summed E-state index contributed by atoms with van der Waals surface area (Å²) in [5.41, 5.74) is 2.96. The molecule has 0 spiro atoms. The van der Waals surface area contributed by atoms with Gasteiger partial charge in [0.15, 0.2) is 5.78 Å². The number of nitrogens with zero attached hydrogens (tertiary/aromatic N) is 1. The van der Waals surface area contributed by atoms with Gasteiger partial charge < -0.3 is 4.74 Å². The minimum absolute atomic E-state index is 0.0411. The molecule has 18 heavy (non-hydrogen) atoms. The third kappa shape index (κ3) is 2.49. The van der Waals surface area contributed by atoms with Crippen LogP contribution in [0.15, 0.2) is 24.3 Å². The Morgan fingerprint density at radius 1 is 1.39 bits per heavy atom. The number of ether oxygens (including phenoxy) is 1. The first-order chi connectivity index (χ1) is 8.63. The monoisotopic (exact) mass is 261 g/mol. The number of carbonyl (C=O) groups is 1. The Kier molecular flexibility index (Phi) is 3.89. The van der Waals surface area contributed by atoms with Gasteiger partial charge in [0, 0.05) is 19.6 Å². The lowest BCUT2D eigenvalue weighted by Gasteiger charge is -2.00. The molecule has 0 saturated carbocycles. The van der Waals surface area contributed by atoms with E-state index in [9.17, 15) is 4.79 Å². The molecular formula is C14H15NO2S. The molecule has 4 heteroatoms. The van der Waals surface area contributed by atoms with Crippen LogP contribution in [-0.4, -0.2) is 17.9 Å². The van der Waals surface area contributed by atoms with Crippen LogP contribution in [-0.2, 0) is 11.3 Å². The van der Waals surface area contributed by atoms with Gasteiger partial charge in [0.1, 0.15) is 5.01 Å². The van der Waals surface area contributed by atoms with Crippen molar-refractivity contribution in [3.05, 3.63) is 40.4 Å². The van der Waals surface area contributed by atoms with Crippen LogP contribution in [0.3, 0.4) is 0 Å². The van der Waals surface area contributed by atoms with Crippen molar-refractivity contribution in [1.82, 2.24) is 4.98 Å². The first-order valence-electron chi connectivity index (χ1n) is 5.69. The van der Waals surface area contributed by atoms with E-state index in [0.717, 1.165) is 21.8 Å². The Labute approximate surface area is 110 Å². The molecule has 2 aromatic rings. The molecule has 0 aliphatic carbocycles. The standard InChI is InChI=1S/C14H15NO2S/c1-9-6-4-5-7-11(9)14-15-12(8-17-3)13(18-14)10(2)16/h4-7H,8H2,1-3H3. The Morgan fingerprint density at radius 3 is 2.72 bits per heavy atom. The molecule has 2 rings (SSSR count). The highest BCUT2D eigenvalue weighted by molar-refractivity contribution is 7.17. The third-order valence-electron chi connectivity index (χ3n) is 2.67. The highest BCUT2D eigenvalue weighted by atomic mass is 32.1. The molecule has 0 fully saturated rings. The van der Waals surface area contributed by atoms with Crippen LogP contribution in [0.2, 0.25) is 0 Å². The molecule has 0 aliphatic heterocycles. The Bertz CT molecular complexity index is 575. The van der Waals surface area contributed by atoms with Crippen LogP contribution in [0.5, 0.6) is 0 Å². The van der Waals surface area contributed by atoms with E-state index >= 15 is 0 Å². The maximum absolute atomic E-state index is 11.6. The zero-order chi connectivity index (χ0) is 13.1. The van der Waals surface area contributed by atoms with Crippen LogP contribution in [0.25, 0.3) is 10.6 Å². The number of benzene rings is 1. The molecule has 0 saturated heterocycles. The Hall–Kier alpha value is -1.52. The van der Waals surface area contributed by atoms with Gasteiger partial charge in [0.2, 0.25) is 0 Å². The second kappa shape index (κ2) is 5.42. The fraction of sp³-hybridized carbons (Fsp3) is 0.286. The van der Waals surface area contributed by atoms with E-state index in [1.807, 2.05) is 31.2 Å². The van der Waals surface area contributed by atoms with Crippen molar-refractivity contribution in [3.8, 4) is 10.6 Å². The number of rotatable bonds is 4. The topological polar surface area (TPSA) is 39.2 Å². The minimum Gasteiger partial charge on any atom is -0.378 e. The summed E-state index contributed by atoms with van der Waals surface area (Å²) >= 11 is 1.43. The van der Waals surface area contributed by atoms with Gasteiger partial charge in [-0.25, -0.2) is 4.98 Å². The van der Waals surface area contributed by atoms with E-state index in [0.29, 0.717) is 11.5 Å². The number of ketones is 1. The lowest BCUT2D eigenvalue weighted by molar-refractivity contribution is 0.101. The predicted molar refractivity (Wildman–Crippen MR) is 73.0 cm³/mol. The van der Waals surface area contributed by atoms with Crippen LogP contribution in [0.1, 0.15) is 27.9 Å². The summed E-state index contributed by atoms with van der Waals surface area (Å²) in [4.78, 5) is 16.8. The molecule has 0 radical (unpaired) electrons. The number of Topliss-reactive ketones (excluding diaryl/α,β-unsaturated/α-hetero) is 1. The SMILES string of the molecule is COCc1nc(-c2ccccc2C)sc1C(C)=O. The molecule has 94 valence electrons. The van der Waals surface area contributed by atoms with Gasteiger partial charge in [0.25, 0.3) is 0 Å². The molecule has 1 heterocycles. The fourth-order valence-electron chi connectivity index (χ4n) is 1.79. The molecular weight excluding hydrogens is 246 g/mol. The summed E-state index contributed by atoms with van der Waals surface area (Å²) in [6.45, 7) is 3.98. The van der Waals surface area contributed by atoms with Crippen molar-refractivity contribution < 1.29 is 9.53 Å². The highest BCUT2D eigenvalue weighted by Crippen LogP contribution is 2.30. The normalized spacial score (nSPS) is 10.6. The van der Waals surface area contributed by atoms with Crippen molar-refractivity contribution >= 4 is 17.1 Å². The quantitative estimate of drug-likeness (QED) is 0.791. The maximum atomic E-state index is 11.6. The molecule has 0 unspecified atom stereocenters. The van der Waals surface area contributed by atoms with Crippen LogP contribution in [0.4, 0.5) is 0 Å². The Balaban J connectivity index is 2.50. The zero-order valence-electron chi connectivity index (χ0n) is 10.7. The van der Waals surface area contributed by atoms with Gasteiger partial charge in [-0.05, 0) is 12.5 Å². The summed E-state index contributed by atoms with van der Waals surface area (Å²) in [7, 11) is 1.61. The van der Waals surface area contributed by atoms with Crippen molar-refractivity contribution in [2.45, 2.75) is 20.5 Å². The lowest BCUT2D eigenvalue weighted by atomic mass is 10.1. The largest absolute Gasteiger partial charge is 0.378 e. The molecule has 1 aromatic heterocycles. The number of aryl methyl sites for hydroxylation is 1. The lowest BCUT2D eigenvalue weighted by Crippen LogP contribution is -1.97. The van der Waals surface area contributed by atoms with E-state index in [1.54, 1.807) is 14.0 Å². The first kappa shape index (κ1) is 12.9. The summed E-state index contributed by atoms with van der Waals surface area (Å²) in [5, 5.41) is 0.880. The average Bonchev–Trinajstić information content (AvgIpc) is 2.74. The zero-order valence-corrected chi connectivity index (χ0v) is 11.5. The molecule has 1 aromatic carbocycles. The summed E-state index contributed by atoms with van der Waals surface area (Å²) in [6.07, 6.45) is 0. The van der Waals surface area contributed by atoms with E-state index in [2.05, 4.69) is 4.98 Å². The summed E-state index contributed by atoms with van der Waals surface area (Å²) < 4.78 is 5.09. The van der Waals surface area contributed by atoms with Crippen LogP contribution >= 0.6 is 11.3 Å². The van der Waals surface area contributed by atoms with Gasteiger partial charge >= 0.3 is 0 Å². The van der Waals surface area contributed by atoms with Crippen LogP contribution in [0, 0.1) is 6.92 Å². The number of carbonyl (C=O) groups excluding carboxylic acids is 1. The summed E-state index contributed by atoms with van der Waals surface area (Å²) in [6, 6.07) is 8.04. The van der Waals surface area contributed by atoms with Gasteiger partial charge in [-0.1, -0.05) is 24.3 Å². The average molecular weight is 261 g/mol. The van der Waals surface area contributed by atoms with E-state index in [-0.39, 0.29) is 5.78 Å². The van der Waals surface area contributed by atoms with Gasteiger partial charge in [-0.3, -0.25) is 4.79 Å². The van der Waals surface area contributed by atoms with E-state index < -0.39 is 0 Å². The van der Waals surface area contributed by atoms with Gasteiger partial charge in [0.05, 0.1) is 17.2 Å². The van der Waals surface area contributed by atoms with Gasteiger partial charge in [-0.2, -0.15) is 0 Å². The first-order valence-corrected chi connectivity index (χ1v) is 6.50. The van der Waals surface area contributed by atoms with E-state index in [4.69, 9.17) is 4.74 Å². The fourth-order valence-corrected chi connectivity index (χ4v) is 2.84. The molecule has 0 aliphatic rings. The van der Waals surface area contributed by atoms with Crippen molar-refractivity contribution in [1.29, 1.82) is 0 Å². The molecule has 0 bridgehead atoms. The summed E-state index contributed by atoms with van der Waals surface area (Å²) in [5.74, 6) is 0.0411. The Morgan fingerprint density at radius 2 is 2.11 bits per heavy atom. The van der Waals surface area contributed by atoms with Crippen LogP contribution < -0.4 is 0 Å². The number of aromatic nitrogens is 1. The molecule has 3 nitrogen and oxygen atoms in total. The second-order valence-corrected chi connectivity index (χ2v) is 5.10. The van der Waals surface area contributed by atoms with Gasteiger partial charge in [-0.15, -0.1) is 11.3 Å². The number of thiazole rings is 1. The molecule has 0 N–H and O–H groups in total. The second-order valence-electron chi connectivity index (χ2n) is 4.10. The molecule has 0 amide bonds. The maximum Gasteiger partial charge on any atom is 0.171 e. The van der Waals surface area contributed by atoms with Crippen molar-refractivity contribution in [2.75, 3.05) is 7.11 Å². The minimum atomic E-state index is 0.0411. The third-order valence-corrected chi connectivity index (χ3v) is 3.91. The van der Waals surface area contributed by atoms with Crippen molar-refractivity contribution in [2.24, 2.45) is 0 Å². The predicted octanol–water partition coefficient (Wildman–Crippen LogP) is 3.47. The highest BCUT2D eigenvalue weighted by Gasteiger charge is 2.16. The number of hydrogen-bond acceptors (Lipinski definition) is 4. The van der Waals surface area contributed by atoms with Crippen molar-refractivity contribution in [3.63, 3.8) is 0 Å². The number of methoxy groups -OCH3 is 1. The smallest absolute Gasteiger partial charge is 0.171 e.